The Hall–Kier alpha value is -0.910. The number of sulfone groups is 1. The van der Waals surface area contributed by atoms with E-state index in [0.717, 1.165) is 38.2 Å². The molecule has 0 aromatic heterocycles. The van der Waals surface area contributed by atoms with Crippen LogP contribution in [0.1, 0.15) is 24.4 Å². The number of hydrogen-bond donors (Lipinski definition) is 1. The summed E-state index contributed by atoms with van der Waals surface area (Å²) >= 11 is 0. The molecule has 0 unspecified atom stereocenters. The fourth-order valence-electron chi connectivity index (χ4n) is 2.54. The monoisotopic (exact) mass is 297 g/mol. The van der Waals surface area contributed by atoms with Crippen LogP contribution in [0.5, 0.6) is 0 Å². The summed E-state index contributed by atoms with van der Waals surface area (Å²) in [7, 11) is -3.02. The molecule has 4 nitrogen and oxygen atoms in total. The number of hydrogen-bond acceptors (Lipinski definition) is 4. The second-order valence-corrected chi connectivity index (χ2v) is 7.73. The second-order valence-electron chi connectivity index (χ2n) is 5.55. The van der Waals surface area contributed by atoms with E-state index in [-0.39, 0.29) is 11.8 Å². The molecular weight excluding hydrogens is 274 g/mol. The Morgan fingerprint density at radius 3 is 2.70 bits per heavy atom. The van der Waals surface area contributed by atoms with Gasteiger partial charge in [0.15, 0.2) is 0 Å². The van der Waals surface area contributed by atoms with Crippen LogP contribution in [0.25, 0.3) is 0 Å². The Morgan fingerprint density at radius 1 is 1.35 bits per heavy atom. The van der Waals surface area contributed by atoms with Crippen molar-refractivity contribution in [1.82, 2.24) is 5.32 Å². The summed E-state index contributed by atoms with van der Waals surface area (Å²) in [6.07, 6.45) is 3.52. The molecule has 1 N–H and O–H groups in total. The molecule has 1 heterocycles. The molecule has 0 saturated carbocycles. The van der Waals surface area contributed by atoms with E-state index in [1.807, 2.05) is 30.3 Å². The van der Waals surface area contributed by atoms with Crippen LogP contribution in [0.15, 0.2) is 30.3 Å². The zero-order valence-electron chi connectivity index (χ0n) is 11.9. The summed E-state index contributed by atoms with van der Waals surface area (Å²) in [5.74, 6) is 0.611. The first-order valence-electron chi connectivity index (χ1n) is 7.08. The number of nitrogens with one attached hydrogen (secondary N) is 1. The Bertz CT molecular complexity index is 495. The fourth-order valence-corrected chi connectivity index (χ4v) is 3.45. The SMILES string of the molecule is CS(=O)(=O)C[C@H](NC[C@@H]1CCCOC1)c1ccccc1. The van der Waals surface area contributed by atoms with E-state index >= 15 is 0 Å². The minimum Gasteiger partial charge on any atom is -0.381 e. The molecule has 1 aliphatic rings. The van der Waals surface area contributed by atoms with Gasteiger partial charge < -0.3 is 10.1 Å². The summed E-state index contributed by atoms with van der Waals surface area (Å²) in [5.41, 5.74) is 1.02. The number of ether oxygens (including phenoxy) is 1. The molecule has 0 aliphatic carbocycles. The topological polar surface area (TPSA) is 55.4 Å². The molecule has 1 aliphatic heterocycles. The predicted molar refractivity (Wildman–Crippen MR) is 80.4 cm³/mol. The quantitative estimate of drug-likeness (QED) is 0.870. The molecule has 112 valence electrons. The van der Waals surface area contributed by atoms with Crippen molar-refractivity contribution in [3.8, 4) is 0 Å². The molecule has 2 rings (SSSR count). The van der Waals surface area contributed by atoms with Crippen LogP contribution in [0.2, 0.25) is 0 Å². The van der Waals surface area contributed by atoms with Crippen molar-refractivity contribution < 1.29 is 13.2 Å². The predicted octanol–water partition coefficient (Wildman–Crippen LogP) is 1.79. The van der Waals surface area contributed by atoms with Gasteiger partial charge in [-0.3, -0.25) is 0 Å². The maximum absolute atomic E-state index is 11.6. The van der Waals surface area contributed by atoms with Gasteiger partial charge in [-0.05, 0) is 24.3 Å². The van der Waals surface area contributed by atoms with Crippen molar-refractivity contribution in [2.75, 3.05) is 31.8 Å². The average Bonchev–Trinajstić information content (AvgIpc) is 2.44. The second kappa shape index (κ2) is 7.20. The fraction of sp³-hybridized carbons (Fsp3) is 0.600. The van der Waals surface area contributed by atoms with E-state index in [2.05, 4.69) is 5.32 Å². The van der Waals surface area contributed by atoms with Crippen LogP contribution in [0.4, 0.5) is 0 Å². The van der Waals surface area contributed by atoms with Gasteiger partial charge in [0.25, 0.3) is 0 Å². The van der Waals surface area contributed by atoms with Gasteiger partial charge in [-0.2, -0.15) is 0 Å². The molecule has 20 heavy (non-hydrogen) atoms. The summed E-state index contributed by atoms with van der Waals surface area (Å²) < 4.78 is 28.7. The van der Waals surface area contributed by atoms with E-state index in [0.29, 0.717) is 5.92 Å². The lowest BCUT2D eigenvalue weighted by atomic mass is 10.0. The van der Waals surface area contributed by atoms with Crippen LogP contribution in [0.3, 0.4) is 0 Å². The molecule has 5 heteroatoms. The highest BCUT2D eigenvalue weighted by atomic mass is 32.2. The molecule has 0 amide bonds. The van der Waals surface area contributed by atoms with Crippen molar-refractivity contribution >= 4 is 9.84 Å². The van der Waals surface area contributed by atoms with Crippen molar-refractivity contribution in [2.24, 2.45) is 5.92 Å². The lowest BCUT2D eigenvalue weighted by Crippen LogP contribution is -2.34. The van der Waals surface area contributed by atoms with E-state index in [9.17, 15) is 8.42 Å². The molecule has 0 bridgehead atoms. The summed E-state index contributed by atoms with van der Waals surface area (Å²) in [5, 5.41) is 3.40. The zero-order valence-corrected chi connectivity index (χ0v) is 12.7. The van der Waals surface area contributed by atoms with Gasteiger partial charge in [0.1, 0.15) is 9.84 Å². The van der Waals surface area contributed by atoms with Crippen LogP contribution in [0, 0.1) is 5.92 Å². The van der Waals surface area contributed by atoms with E-state index in [4.69, 9.17) is 4.74 Å². The lowest BCUT2D eigenvalue weighted by Gasteiger charge is -2.25. The molecule has 0 radical (unpaired) electrons. The highest BCUT2D eigenvalue weighted by Gasteiger charge is 2.20. The molecule has 2 atom stereocenters. The van der Waals surface area contributed by atoms with Gasteiger partial charge in [0.2, 0.25) is 0 Å². The van der Waals surface area contributed by atoms with Gasteiger partial charge in [-0.15, -0.1) is 0 Å². The zero-order chi connectivity index (χ0) is 14.4. The van der Waals surface area contributed by atoms with Crippen LogP contribution in [-0.4, -0.2) is 40.2 Å². The van der Waals surface area contributed by atoms with Crippen LogP contribution < -0.4 is 5.32 Å². The molecular formula is C15H23NO3S. The first kappa shape index (κ1) is 15.5. The third-order valence-corrected chi connectivity index (χ3v) is 4.52. The smallest absolute Gasteiger partial charge is 0.149 e. The Labute approximate surface area is 121 Å². The first-order valence-corrected chi connectivity index (χ1v) is 9.14. The van der Waals surface area contributed by atoms with Gasteiger partial charge in [-0.25, -0.2) is 8.42 Å². The summed E-state index contributed by atoms with van der Waals surface area (Å²) in [6, 6.07) is 9.62. The molecule has 1 fully saturated rings. The van der Waals surface area contributed by atoms with E-state index in [1.165, 1.54) is 6.26 Å². The van der Waals surface area contributed by atoms with E-state index < -0.39 is 9.84 Å². The highest BCUT2D eigenvalue weighted by Crippen LogP contribution is 2.17. The van der Waals surface area contributed by atoms with Crippen molar-refractivity contribution in [2.45, 2.75) is 18.9 Å². The van der Waals surface area contributed by atoms with Gasteiger partial charge in [-0.1, -0.05) is 30.3 Å². The standard InChI is InChI=1S/C15H23NO3S/c1-20(17,18)12-15(14-7-3-2-4-8-14)16-10-13-6-5-9-19-11-13/h2-4,7-8,13,15-16H,5-6,9-12H2,1H3/t13-,15-/m0/s1. The third-order valence-electron chi connectivity index (χ3n) is 3.58. The lowest BCUT2D eigenvalue weighted by molar-refractivity contribution is 0.0540. The van der Waals surface area contributed by atoms with Gasteiger partial charge in [0, 0.05) is 25.4 Å². The number of rotatable bonds is 6. The first-order chi connectivity index (χ1) is 9.54. The minimum absolute atomic E-state index is 0.130. The van der Waals surface area contributed by atoms with Gasteiger partial charge in [0.05, 0.1) is 12.4 Å². The van der Waals surface area contributed by atoms with Crippen LogP contribution in [-0.2, 0) is 14.6 Å². The van der Waals surface area contributed by atoms with Crippen LogP contribution >= 0.6 is 0 Å². The molecule has 1 aromatic carbocycles. The largest absolute Gasteiger partial charge is 0.381 e. The maximum Gasteiger partial charge on any atom is 0.149 e. The molecule has 0 spiro atoms. The average molecular weight is 297 g/mol. The normalized spacial score (nSPS) is 21.6. The third kappa shape index (κ3) is 5.23. The number of benzene rings is 1. The molecule has 1 aromatic rings. The Balaban J connectivity index is 1.99. The van der Waals surface area contributed by atoms with Crippen molar-refractivity contribution in [3.63, 3.8) is 0 Å². The van der Waals surface area contributed by atoms with E-state index in [1.54, 1.807) is 0 Å². The molecule has 1 saturated heterocycles. The summed E-state index contributed by atoms with van der Waals surface area (Å²) in [6.45, 7) is 2.42. The minimum atomic E-state index is -3.02. The maximum atomic E-state index is 11.6. The van der Waals surface area contributed by atoms with Crippen molar-refractivity contribution in [3.05, 3.63) is 35.9 Å². The highest BCUT2D eigenvalue weighted by molar-refractivity contribution is 7.90. The Morgan fingerprint density at radius 2 is 2.10 bits per heavy atom. The summed E-state index contributed by atoms with van der Waals surface area (Å²) in [4.78, 5) is 0. The van der Waals surface area contributed by atoms with Gasteiger partial charge >= 0.3 is 0 Å². The Kier molecular flexibility index (Phi) is 5.57. The van der Waals surface area contributed by atoms with Crippen molar-refractivity contribution in [1.29, 1.82) is 0 Å².